The maximum absolute atomic E-state index is 14.9. The molecule has 0 saturated carbocycles. The molecule has 1 aromatic rings. The first-order chi connectivity index (χ1) is 14.1. The van der Waals surface area contributed by atoms with Gasteiger partial charge >= 0.3 is 12.1 Å². The summed E-state index contributed by atoms with van der Waals surface area (Å²) in [7, 11) is 0. The first-order valence-electron chi connectivity index (χ1n) is 9.98. The van der Waals surface area contributed by atoms with Crippen LogP contribution in [-0.4, -0.2) is 60.1 Å². The number of hydrogen-bond donors (Lipinski definition) is 1. The van der Waals surface area contributed by atoms with Crippen molar-refractivity contribution in [3.63, 3.8) is 0 Å². The monoisotopic (exact) mass is 427 g/mol. The predicted molar refractivity (Wildman–Crippen MR) is 106 cm³/mol. The zero-order chi connectivity index (χ0) is 22.3. The molecule has 0 aromatic heterocycles. The second kappa shape index (κ2) is 10.5. The predicted octanol–water partition coefficient (Wildman–Crippen LogP) is 3.60. The van der Waals surface area contributed by atoms with Crippen LogP contribution in [0.25, 0.3) is 0 Å². The lowest BCUT2D eigenvalue weighted by molar-refractivity contribution is -0.142. The fourth-order valence-electron chi connectivity index (χ4n) is 2.98. The summed E-state index contributed by atoms with van der Waals surface area (Å²) in [6.45, 7) is 7.77. The van der Waals surface area contributed by atoms with Gasteiger partial charge in [0.25, 0.3) is 0 Å². The van der Waals surface area contributed by atoms with Crippen molar-refractivity contribution in [2.24, 2.45) is 0 Å². The number of benzene rings is 1. The molecule has 2 rings (SSSR count). The van der Waals surface area contributed by atoms with Crippen molar-refractivity contribution in [1.82, 2.24) is 4.90 Å². The average Bonchev–Trinajstić information content (AvgIpc) is 2.64. The lowest BCUT2D eigenvalue weighted by atomic mass is 10.1. The molecule has 0 radical (unpaired) electrons. The van der Waals surface area contributed by atoms with Crippen molar-refractivity contribution in [3.8, 4) is 11.5 Å². The average molecular weight is 427 g/mol. The molecule has 168 valence electrons. The van der Waals surface area contributed by atoms with Crippen molar-refractivity contribution >= 4 is 12.1 Å². The molecule has 0 spiro atoms. The normalized spacial score (nSPS) is 15.0. The molecule has 1 heterocycles. The van der Waals surface area contributed by atoms with E-state index in [-0.39, 0.29) is 30.1 Å². The molecule has 1 aliphatic heterocycles. The Balaban J connectivity index is 2.02. The van der Waals surface area contributed by atoms with Gasteiger partial charge in [-0.15, -0.1) is 0 Å². The van der Waals surface area contributed by atoms with E-state index in [0.29, 0.717) is 38.3 Å². The summed E-state index contributed by atoms with van der Waals surface area (Å²) in [6, 6.07) is 2.94. The molecule has 1 N–H and O–H groups in total. The number of ether oxygens (including phenoxy) is 4. The van der Waals surface area contributed by atoms with Gasteiger partial charge in [-0.05, 0) is 33.8 Å². The van der Waals surface area contributed by atoms with Gasteiger partial charge in [0.2, 0.25) is 0 Å². The highest BCUT2D eigenvalue weighted by Crippen LogP contribution is 2.30. The van der Waals surface area contributed by atoms with Crippen LogP contribution in [0.5, 0.6) is 11.5 Å². The summed E-state index contributed by atoms with van der Waals surface area (Å²) in [4.78, 5) is 24.4. The van der Waals surface area contributed by atoms with E-state index >= 15 is 0 Å². The Bertz CT molecular complexity index is 740. The van der Waals surface area contributed by atoms with E-state index in [2.05, 4.69) is 0 Å². The van der Waals surface area contributed by atoms with Crippen molar-refractivity contribution in [3.05, 3.63) is 23.5 Å². The molecular weight excluding hydrogens is 397 g/mol. The van der Waals surface area contributed by atoms with E-state index in [0.717, 1.165) is 0 Å². The fourth-order valence-corrected chi connectivity index (χ4v) is 2.98. The number of carboxylic acid groups (broad SMARTS) is 1. The van der Waals surface area contributed by atoms with Crippen LogP contribution in [0.2, 0.25) is 0 Å². The quantitative estimate of drug-likeness (QED) is 0.677. The number of likely N-dealkylation sites (tertiary alicyclic amines) is 1. The summed E-state index contributed by atoms with van der Waals surface area (Å²) in [5, 5.41) is 8.69. The second-order valence-corrected chi connectivity index (χ2v) is 8.00. The van der Waals surface area contributed by atoms with Crippen LogP contribution >= 0.6 is 0 Å². The molecule has 9 heteroatoms. The summed E-state index contributed by atoms with van der Waals surface area (Å²) in [5.41, 5.74) is -0.407. The van der Waals surface area contributed by atoms with Crippen LogP contribution in [-0.2, 0) is 20.9 Å². The number of hydrogen-bond acceptors (Lipinski definition) is 6. The zero-order valence-electron chi connectivity index (χ0n) is 17.9. The molecule has 1 aromatic carbocycles. The molecule has 1 amide bonds. The van der Waals surface area contributed by atoms with Gasteiger partial charge in [0, 0.05) is 37.6 Å². The van der Waals surface area contributed by atoms with Gasteiger partial charge in [-0.2, -0.15) is 0 Å². The number of aliphatic carboxylic acids is 1. The molecule has 8 nitrogen and oxygen atoms in total. The number of piperidine rings is 1. The molecule has 30 heavy (non-hydrogen) atoms. The van der Waals surface area contributed by atoms with Gasteiger partial charge in [-0.25, -0.2) is 14.0 Å². The third-order valence-electron chi connectivity index (χ3n) is 4.27. The number of nitrogens with zero attached hydrogens (tertiary/aromatic N) is 1. The van der Waals surface area contributed by atoms with Gasteiger partial charge in [-0.3, -0.25) is 0 Å². The highest BCUT2D eigenvalue weighted by atomic mass is 19.1. The maximum atomic E-state index is 14.9. The first-order valence-corrected chi connectivity index (χ1v) is 9.98. The Morgan fingerprint density at radius 3 is 2.47 bits per heavy atom. The highest BCUT2D eigenvalue weighted by Gasteiger charge is 2.28. The molecule has 0 aliphatic carbocycles. The molecule has 1 aliphatic rings. The molecule has 1 fully saturated rings. The van der Waals surface area contributed by atoms with Crippen molar-refractivity contribution in [2.75, 3.05) is 26.3 Å². The number of carboxylic acids is 1. The minimum Gasteiger partial charge on any atom is -0.494 e. The van der Waals surface area contributed by atoms with Gasteiger partial charge in [0.15, 0.2) is 11.6 Å². The number of rotatable bonds is 8. The molecule has 1 saturated heterocycles. The van der Waals surface area contributed by atoms with Crippen LogP contribution in [0.1, 0.15) is 46.1 Å². The van der Waals surface area contributed by atoms with E-state index < -0.39 is 24.0 Å². The van der Waals surface area contributed by atoms with E-state index in [1.165, 1.54) is 12.1 Å². The fraction of sp³-hybridized carbons (Fsp3) is 0.619. The van der Waals surface area contributed by atoms with E-state index in [1.54, 1.807) is 11.8 Å². The van der Waals surface area contributed by atoms with Crippen LogP contribution in [0.3, 0.4) is 0 Å². The summed E-state index contributed by atoms with van der Waals surface area (Å²) >= 11 is 0. The van der Waals surface area contributed by atoms with Crippen molar-refractivity contribution in [1.29, 1.82) is 0 Å². The second-order valence-electron chi connectivity index (χ2n) is 8.00. The standard InChI is InChI=1S/C21H30FNO7/c1-5-28-16-10-14(12-27-13-18(24)25)19(22)17(11-16)29-15-6-8-23(9-7-15)20(26)30-21(2,3)4/h10-11,15H,5-9,12-13H2,1-4H3,(H,24,25). The van der Waals surface area contributed by atoms with Gasteiger partial charge in [-0.1, -0.05) is 0 Å². The van der Waals surface area contributed by atoms with Gasteiger partial charge in [0.1, 0.15) is 24.1 Å². The Morgan fingerprint density at radius 2 is 1.90 bits per heavy atom. The minimum absolute atomic E-state index is 0.0191. The van der Waals surface area contributed by atoms with Crippen LogP contribution in [0.4, 0.5) is 9.18 Å². The summed E-state index contributed by atoms with van der Waals surface area (Å²) < 4.78 is 36.6. The topological polar surface area (TPSA) is 94.5 Å². The lowest BCUT2D eigenvalue weighted by Crippen LogP contribution is -2.44. The van der Waals surface area contributed by atoms with E-state index in [9.17, 15) is 14.0 Å². The Morgan fingerprint density at radius 1 is 1.23 bits per heavy atom. The summed E-state index contributed by atoms with van der Waals surface area (Å²) in [5.74, 6) is -1.32. The Labute approximate surface area is 175 Å². The SMILES string of the molecule is CCOc1cc(COCC(=O)O)c(F)c(OC2CCN(C(=O)OC(C)(C)C)CC2)c1. The molecule has 0 bridgehead atoms. The molecule has 0 atom stereocenters. The first kappa shape index (κ1) is 23.7. The van der Waals surface area contributed by atoms with Crippen LogP contribution < -0.4 is 9.47 Å². The zero-order valence-corrected chi connectivity index (χ0v) is 17.9. The smallest absolute Gasteiger partial charge is 0.410 e. The Kier molecular flexibility index (Phi) is 8.28. The van der Waals surface area contributed by atoms with Crippen LogP contribution in [0, 0.1) is 5.82 Å². The van der Waals surface area contributed by atoms with E-state index in [1.807, 2.05) is 20.8 Å². The number of carbonyl (C=O) groups excluding carboxylic acids is 1. The largest absolute Gasteiger partial charge is 0.494 e. The maximum Gasteiger partial charge on any atom is 0.410 e. The number of carbonyl (C=O) groups is 2. The third-order valence-corrected chi connectivity index (χ3v) is 4.27. The minimum atomic E-state index is -1.13. The highest BCUT2D eigenvalue weighted by molar-refractivity contribution is 5.68. The van der Waals surface area contributed by atoms with E-state index in [4.69, 9.17) is 24.1 Å². The molecular formula is C21H30FNO7. The Hall–Kier alpha value is -2.55. The number of halogens is 1. The summed E-state index contributed by atoms with van der Waals surface area (Å²) in [6.07, 6.45) is 0.413. The molecule has 0 unspecified atom stereocenters. The number of amides is 1. The van der Waals surface area contributed by atoms with Gasteiger partial charge < -0.3 is 29.0 Å². The van der Waals surface area contributed by atoms with Crippen molar-refractivity contribution < 1.29 is 38.0 Å². The van der Waals surface area contributed by atoms with Crippen molar-refractivity contribution in [2.45, 2.75) is 58.8 Å². The lowest BCUT2D eigenvalue weighted by Gasteiger charge is -2.33. The van der Waals surface area contributed by atoms with Crippen LogP contribution in [0.15, 0.2) is 12.1 Å². The van der Waals surface area contributed by atoms with Gasteiger partial charge in [0.05, 0.1) is 13.2 Å². The third kappa shape index (κ3) is 7.37.